The van der Waals surface area contributed by atoms with Crippen LogP contribution in [-0.2, 0) is 10.4 Å². The largest absolute Gasteiger partial charge is 0.455 e. The molecule has 1 aliphatic carbocycles. The molecule has 150 valence electrons. The Hall–Kier alpha value is -3.37. The van der Waals surface area contributed by atoms with E-state index in [1.54, 1.807) is 7.11 Å². The summed E-state index contributed by atoms with van der Waals surface area (Å²) in [5.41, 5.74) is 11.2. The van der Waals surface area contributed by atoms with E-state index < -0.39 is 0 Å². The molecule has 1 saturated carbocycles. The van der Waals surface area contributed by atoms with Crippen LogP contribution in [-0.4, -0.2) is 7.11 Å². The van der Waals surface area contributed by atoms with Crippen LogP contribution in [0.2, 0.25) is 0 Å². The highest BCUT2D eigenvalue weighted by Gasteiger charge is 2.34. The number of hydrogen-bond acceptors (Lipinski definition) is 4. The fourth-order valence-corrected chi connectivity index (χ4v) is 4.22. The summed E-state index contributed by atoms with van der Waals surface area (Å²) in [4.78, 5) is 5.26. The molecule has 30 heavy (non-hydrogen) atoms. The van der Waals surface area contributed by atoms with Crippen molar-refractivity contribution in [2.75, 3.05) is 7.11 Å². The number of nitrogens with zero attached hydrogens (tertiary/aromatic N) is 1. The molecule has 4 nitrogen and oxygen atoms in total. The topological polar surface area (TPSA) is 60.8 Å². The Morgan fingerprint density at radius 1 is 0.867 bits per heavy atom. The predicted octanol–water partition coefficient (Wildman–Crippen LogP) is 5.57. The van der Waals surface area contributed by atoms with Gasteiger partial charge in [0, 0.05) is 16.5 Å². The highest BCUT2D eigenvalue weighted by atomic mass is 16.6. The first-order chi connectivity index (χ1) is 14.7. The van der Waals surface area contributed by atoms with Crippen molar-refractivity contribution in [2.45, 2.75) is 24.8 Å². The van der Waals surface area contributed by atoms with Gasteiger partial charge in [0.1, 0.15) is 23.8 Å². The standard InChI is InChI=1S/C26H24N2O2/c1-29-28-24-21-10-5-6-11-22(21)30-25(19-8-3-2-4-9-19)23(24)18-12-14-20(15-13-18)26(27)16-7-17-26/h2-6,8-15H,7,16-17,27H2,1H3. The highest BCUT2D eigenvalue weighted by molar-refractivity contribution is 5.88. The van der Waals surface area contributed by atoms with Crippen LogP contribution in [0.15, 0.2) is 88.4 Å². The third-order valence-corrected chi connectivity index (χ3v) is 6.03. The molecular formula is C26H24N2O2. The molecule has 0 aliphatic heterocycles. The summed E-state index contributed by atoms with van der Waals surface area (Å²) >= 11 is 0. The van der Waals surface area contributed by atoms with E-state index in [9.17, 15) is 0 Å². The van der Waals surface area contributed by atoms with E-state index in [0.29, 0.717) is 0 Å². The molecule has 0 unspecified atom stereocenters. The predicted molar refractivity (Wildman–Crippen MR) is 119 cm³/mol. The van der Waals surface area contributed by atoms with Gasteiger partial charge >= 0.3 is 0 Å². The van der Waals surface area contributed by atoms with Crippen molar-refractivity contribution in [3.63, 3.8) is 0 Å². The fourth-order valence-electron chi connectivity index (χ4n) is 4.22. The Balaban J connectivity index is 1.79. The Bertz CT molecular complexity index is 1250. The number of fused-ring (bicyclic) bond motifs is 1. The van der Waals surface area contributed by atoms with Crippen molar-refractivity contribution in [2.24, 2.45) is 10.9 Å². The number of rotatable bonds is 4. The van der Waals surface area contributed by atoms with Gasteiger partial charge in [-0.1, -0.05) is 71.9 Å². The lowest BCUT2D eigenvalue weighted by Crippen LogP contribution is -2.43. The SMILES string of the molecule is CON=c1c(-c2ccc(C3(N)CCC3)cc2)c(-c2ccccc2)oc2ccccc12. The summed E-state index contributed by atoms with van der Waals surface area (Å²) in [7, 11) is 1.57. The Kier molecular flexibility index (Phi) is 4.64. The minimum atomic E-state index is -0.186. The van der Waals surface area contributed by atoms with Gasteiger partial charge in [-0.25, -0.2) is 0 Å². The highest BCUT2D eigenvalue weighted by Crippen LogP contribution is 2.40. The van der Waals surface area contributed by atoms with Gasteiger partial charge in [-0.05, 0) is 42.5 Å². The quantitative estimate of drug-likeness (QED) is 0.459. The summed E-state index contributed by atoms with van der Waals surface area (Å²) < 4.78 is 6.41. The number of nitrogens with two attached hydrogens (primary N) is 1. The van der Waals surface area contributed by atoms with Gasteiger partial charge in [0.05, 0.1) is 5.56 Å². The Morgan fingerprint density at radius 3 is 2.23 bits per heavy atom. The van der Waals surface area contributed by atoms with Crippen molar-refractivity contribution < 1.29 is 9.25 Å². The first-order valence-corrected chi connectivity index (χ1v) is 10.3. The average Bonchev–Trinajstić information content (AvgIpc) is 2.78. The maximum Gasteiger partial charge on any atom is 0.144 e. The van der Waals surface area contributed by atoms with Crippen molar-refractivity contribution in [1.82, 2.24) is 0 Å². The van der Waals surface area contributed by atoms with Crippen LogP contribution in [0, 0.1) is 0 Å². The van der Waals surface area contributed by atoms with Gasteiger partial charge in [0.2, 0.25) is 0 Å². The smallest absolute Gasteiger partial charge is 0.144 e. The Labute approximate surface area is 175 Å². The summed E-state index contributed by atoms with van der Waals surface area (Å²) in [6.45, 7) is 0. The molecule has 0 radical (unpaired) electrons. The second kappa shape index (κ2) is 7.47. The maximum absolute atomic E-state index is 6.53. The molecule has 4 heteroatoms. The summed E-state index contributed by atoms with van der Waals surface area (Å²) in [5.74, 6) is 0.768. The lowest BCUT2D eigenvalue weighted by atomic mass is 9.72. The second-order valence-corrected chi connectivity index (χ2v) is 7.88. The third-order valence-electron chi connectivity index (χ3n) is 6.03. The summed E-state index contributed by atoms with van der Waals surface area (Å²) in [5, 5.41) is 6.08. The molecule has 3 aromatic carbocycles. The number of benzene rings is 3. The molecular weight excluding hydrogens is 372 g/mol. The van der Waals surface area contributed by atoms with Crippen LogP contribution in [0.25, 0.3) is 33.4 Å². The zero-order valence-corrected chi connectivity index (χ0v) is 17.0. The molecule has 1 heterocycles. The van der Waals surface area contributed by atoms with Crippen molar-refractivity contribution in [1.29, 1.82) is 0 Å². The molecule has 0 bridgehead atoms. The molecule has 0 atom stereocenters. The van der Waals surface area contributed by atoms with Crippen LogP contribution >= 0.6 is 0 Å². The Morgan fingerprint density at radius 2 is 1.57 bits per heavy atom. The average molecular weight is 396 g/mol. The minimum absolute atomic E-state index is 0.186. The van der Waals surface area contributed by atoms with E-state index in [0.717, 1.165) is 51.6 Å². The van der Waals surface area contributed by atoms with E-state index in [1.165, 1.54) is 12.0 Å². The third kappa shape index (κ3) is 3.10. The van der Waals surface area contributed by atoms with Gasteiger partial charge < -0.3 is 15.0 Å². The van der Waals surface area contributed by atoms with Crippen LogP contribution in [0.3, 0.4) is 0 Å². The van der Waals surface area contributed by atoms with E-state index in [-0.39, 0.29) is 5.54 Å². The van der Waals surface area contributed by atoms with Gasteiger partial charge in [0.25, 0.3) is 0 Å². The van der Waals surface area contributed by atoms with Crippen molar-refractivity contribution in [3.05, 3.63) is 89.8 Å². The van der Waals surface area contributed by atoms with Crippen molar-refractivity contribution >= 4 is 11.0 Å². The first kappa shape index (κ1) is 18.6. The first-order valence-electron chi connectivity index (χ1n) is 10.3. The van der Waals surface area contributed by atoms with Gasteiger partial charge in [-0.2, -0.15) is 0 Å². The van der Waals surface area contributed by atoms with E-state index in [4.69, 9.17) is 15.0 Å². The zero-order valence-electron chi connectivity index (χ0n) is 17.0. The molecule has 0 spiro atoms. The molecule has 5 rings (SSSR count). The molecule has 1 aromatic heterocycles. The molecule has 1 fully saturated rings. The molecule has 0 amide bonds. The number of para-hydroxylation sites is 1. The van der Waals surface area contributed by atoms with Crippen LogP contribution < -0.4 is 11.1 Å². The second-order valence-electron chi connectivity index (χ2n) is 7.88. The van der Waals surface area contributed by atoms with Gasteiger partial charge in [-0.15, -0.1) is 0 Å². The fraction of sp³-hybridized carbons (Fsp3) is 0.192. The minimum Gasteiger partial charge on any atom is -0.455 e. The number of hydrogen-bond donors (Lipinski definition) is 1. The zero-order chi connectivity index (χ0) is 20.6. The van der Waals surface area contributed by atoms with Gasteiger partial charge in [0.15, 0.2) is 0 Å². The lowest BCUT2D eigenvalue weighted by molar-refractivity contribution is 0.201. The monoisotopic (exact) mass is 396 g/mol. The van der Waals surface area contributed by atoms with Crippen molar-refractivity contribution in [3.8, 4) is 22.5 Å². The van der Waals surface area contributed by atoms with E-state index >= 15 is 0 Å². The van der Waals surface area contributed by atoms with E-state index in [2.05, 4.69) is 29.4 Å². The summed E-state index contributed by atoms with van der Waals surface area (Å²) in [6.07, 6.45) is 3.27. The van der Waals surface area contributed by atoms with E-state index in [1.807, 2.05) is 54.6 Å². The molecule has 2 N–H and O–H groups in total. The van der Waals surface area contributed by atoms with Gasteiger partial charge in [-0.3, -0.25) is 0 Å². The van der Waals surface area contributed by atoms with Crippen LogP contribution in [0.1, 0.15) is 24.8 Å². The molecule has 4 aromatic rings. The maximum atomic E-state index is 6.53. The van der Waals surface area contributed by atoms with Crippen LogP contribution in [0.5, 0.6) is 0 Å². The summed E-state index contributed by atoms with van der Waals surface area (Å²) in [6, 6.07) is 26.5. The molecule has 1 aliphatic rings. The normalized spacial score (nSPS) is 15.7. The lowest BCUT2D eigenvalue weighted by Gasteiger charge is -2.38. The molecule has 0 saturated heterocycles. The van der Waals surface area contributed by atoms with Crippen LogP contribution in [0.4, 0.5) is 0 Å².